The van der Waals surface area contributed by atoms with Gasteiger partial charge < -0.3 is 4.74 Å². The maximum atomic E-state index is 5.66. The predicted molar refractivity (Wildman–Crippen MR) is 64.4 cm³/mol. The minimum absolute atomic E-state index is 0.210. The third-order valence-corrected chi connectivity index (χ3v) is 2.65. The second-order valence-corrected chi connectivity index (χ2v) is 4.39. The van der Waals surface area contributed by atoms with Crippen LogP contribution in [0.1, 0.15) is 32.6 Å². The summed E-state index contributed by atoms with van der Waals surface area (Å²) in [4.78, 5) is 7.80. The fraction of sp³-hybridized carbons (Fsp3) is 0.600. The van der Waals surface area contributed by atoms with Crippen LogP contribution in [0.15, 0.2) is 10.7 Å². The summed E-state index contributed by atoms with van der Waals surface area (Å²) in [5.41, 5.74) is 0. The van der Waals surface area contributed by atoms with Crippen molar-refractivity contribution in [3.8, 4) is 5.88 Å². The fourth-order valence-electron chi connectivity index (χ4n) is 1.13. The maximum absolute atomic E-state index is 5.66. The first-order chi connectivity index (χ1) is 7.24. The molecule has 0 spiro atoms. The average molecular weight is 294 g/mol. The predicted octanol–water partition coefficient (Wildman–Crippen LogP) is 3.85. The number of ether oxygens (including phenoxy) is 1. The summed E-state index contributed by atoms with van der Waals surface area (Å²) < 4.78 is 6.22. The monoisotopic (exact) mass is 292 g/mol. The minimum Gasteiger partial charge on any atom is -0.477 e. The molecule has 0 radical (unpaired) electrons. The molecule has 0 aliphatic rings. The molecule has 15 heavy (non-hydrogen) atoms. The summed E-state index contributed by atoms with van der Waals surface area (Å²) in [7, 11) is 0. The Bertz CT molecular complexity index is 309. The first-order valence-electron chi connectivity index (χ1n) is 5.05. The second kappa shape index (κ2) is 7.01. The average Bonchev–Trinajstić information content (AvgIpc) is 2.23. The summed E-state index contributed by atoms with van der Waals surface area (Å²) in [6.07, 6.45) is 6.30. The molecule has 0 N–H and O–H groups in total. The zero-order chi connectivity index (χ0) is 11.1. The summed E-state index contributed by atoms with van der Waals surface area (Å²) in [6, 6.07) is 0. The Kier molecular flexibility index (Phi) is 5.95. The van der Waals surface area contributed by atoms with Crippen molar-refractivity contribution in [3.05, 3.63) is 16.0 Å². The van der Waals surface area contributed by atoms with Gasteiger partial charge in [-0.2, -0.15) is 4.98 Å². The minimum atomic E-state index is 0.210. The summed E-state index contributed by atoms with van der Waals surface area (Å²) in [5, 5.41) is 0.210. The van der Waals surface area contributed by atoms with Gasteiger partial charge in [-0.15, -0.1) is 0 Å². The van der Waals surface area contributed by atoms with Gasteiger partial charge in [-0.3, -0.25) is 0 Å². The second-order valence-electron chi connectivity index (χ2n) is 3.20. The highest BCUT2D eigenvalue weighted by atomic mass is 79.9. The lowest BCUT2D eigenvalue weighted by Crippen LogP contribution is -2.00. The zero-order valence-corrected chi connectivity index (χ0v) is 11.0. The highest BCUT2D eigenvalue weighted by molar-refractivity contribution is 9.10. The first kappa shape index (κ1) is 12.7. The smallest absolute Gasteiger partial charge is 0.232 e. The Labute approximate surface area is 103 Å². The standard InChI is InChI=1S/C10H14BrClN2O/c1-2-3-4-5-6-15-9-8(11)7-13-10(12)14-9/h7H,2-6H2,1H3. The van der Waals surface area contributed by atoms with E-state index in [1.54, 1.807) is 6.20 Å². The molecular formula is C10H14BrClN2O. The molecule has 0 saturated heterocycles. The van der Waals surface area contributed by atoms with Crippen molar-refractivity contribution in [2.75, 3.05) is 6.61 Å². The molecule has 0 fully saturated rings. The molecule has 0 atom stereocenters. The third kappa shape index (κ3) is 4.80. The van der Waals surface area contributed by atoms with Crippen LogP contribution in [0.2, 0.25) is 5.28 Å². The normalized spacial score (nSPS) is 10.3. The van der Waals surface area contributed by atoms with Crippen LogP contribution >= 0.6 is 27.5 Å². The van der Waals surface area contributed by atoms with Gasteiger partial charge in [-0.05, 0) is 34.0 Å². The number of rotatable bonds is 6. The molecule has 1 aromatic heterocycles. The van der Waals surface area contributed by atoms with E-state index in [4.69, 9.17) is 16.3 Å². The van der Waals surface area contributed by atoms with Crippen LogP contribution in [-0.2, 0) is 0 Å². The largest absolute Gasteiger partial charge is 0.477 e. The SMILES string of the molecule is CCCCCCOc1nc(Cl)ncc1Br. The molecule has 0 saturated carbocycles. The lowest BCUT2D eigenvalue weighted by atomic mass is 10.2. The van der Waals surface area contributed by atoms with E-state index in [2.05, 4.69) is 32.8 Å². The number of unbranched alkanes of at least 4 members (excludes halogenated alkanes) is 3. The first-order valence-corrected chi connectivity index (χ1v) is 6.22. The van der Waals surface area contributed by atoms with Crippen molar-refractivity contribution in [1.29, 1.82) is 0 Å². The van der Waals surface area contributed by atoms with Gasteiger partial charge in [0, 0.05) is 6.20 Å². The molecule has 0 bridgehead atoms. The Morgan fingerprint density at radius 2 is 2.20 bits per heavy atom. The molecule has 0 amide bonds. The van der Waals surface area contributed by atoms with E-state index in [1.165, 1.54) is 19.3 Å². The lowest BCUT2D eigenvalue weighted by molar-refractivity contribution is 0.291. The number of halogens is 2. The van der Waals surface area contributed by atoms with E-state index in [9.17, 15) is 0 Å². The van der Waals surface area contributed by atoms with Crippen molar-refractivity contribution < 1.29 is 4.74 Å². The molecule has 5 heteroatoms. The molecule has 1 aromatic rings. The maximum Gasteiger partial charge on any atom is 0.232 e. The van der Waals surface area contributed by atoms with Gasteiger partial charge in [-0.1, -0.05) is 26.2 Å². The Morgan fingerprint density at radius 1 is 1.40 bits per heavy atom. The number of nitrogens with zero attached hydrogens (tertiary/aromatic N) is 2. The molecule has 0 aromatic carbocycles. The molecule has 1 rings (SSSR count). The van der Waals surface area contributed by atoms with E-state index in [-0.39, 0.29) is 5.28 Å². The van der Waals surface area contributed by atoms with Crippen molar-refractivity contribution in [2.24, 2.45) is 0 Å². The summed E-state index contributed by atoms with van der Waals surface area (Å²) in [5.74, 6) is 0.520. The van der Waals surface area contributed by atoms with Gasteiger partial charge in [0.1, 0.15) is 0 Å². The van der Waals surface area contributed by atoms with Gasteiger partial charge in [0.15, 0.2) is 0 Å². The number of aromatic nitrogens is 2. The zero-order valence-electron chi connectivity index (χ0n) is 8.67. The van der Waals surface area contributed by atoms with Crippen molar-refractivity contribution in [1.82, 2.24) is 9.97 Å². The van der Waals surface area contributed by atoms with Crippen LogP contribution in [-0.4, -0.2) is 16.6 Å². The topological polar surface area (TPSA) is 35.0 Å². The van der Waals surface area contributed by atoms with E-state index < -0.39 is 0 Å². The lowest BCUT2D eigenvalue weighted by Gasteiger charge is -2.06. The Hall–Kier alpha value is -0.350. The van der Waals surface area contributed by atoms with Crippen LogP contribution in [0.5, 0.6) is 5.88 Å². The summed E-state index contributed by atoms with van der Waals surface area (Å²) >= 11 is 8.96. The van der Waals surface area contributed by atoms with Crippen LogP contribution in [0, 0.1) is 0 Å². The third-order valence-electron chi connectivity index (χ3n) is 1.92. The molecule has 0 aliphatic carbocycles. The van der Waals surface area contributed by atoms with Gasteiger partial charge in [0.05, 0.1) is 11.1 Å². The van der Waals surface area contributed by atoms with Gasteiger partial charge in [-0.25, -0.2) is 4.98 Å². The fourth-order valence-corrected chi connectivity index (χ4v) is 1.56. The van der Waals surface area contributed by atoms with Gasteiger partial charge in [0.25, 0.3) is 0 Å². The highest BCUT2D eigenvalue weighted by Crippen LogP contribution is 2.22. The molecule has 3 nitrogen and oxygen atoms in total. The number of hydrogen-bond acceptors (Lipinski definition) is 3. The van der Waals surface area contributed by atoms with Crippen molar-refractivity contribution >= 4 is 27.5 Å². The molecule has 1 heterocycles. The van der Waals surface area contributed by atoms with Gasteiger partial charge in [0.2, 0.25) is 11.2 Å². The Morgan fingerprint density at radius 3 is 2.93 bits per heavy atom. The van der Waals surface area contributed by atoms with Crippen LogP contribution < -0.4 is 4.74 Å². The van der Waals surface area contributed by atoms with E-state index >= 15 is 0 Å². The molecule has 0 unspecified atom stereocenters. The van der Waals surface area contributed by atoms with E-state index in [1.807, 2.05) is 0 Å². The quantitative estimate of drug-likeness (QED) is 0.590. The number of hydrogen-bond donors (Lipinski definition) is 0. The van der Waals surface area contributed by atoms with E-state index in [0.717, 1.165) is 10.9 Å². The molecule has 0 aliphatic heterocycles. The summed E-state index contributed by atoms with van der Waals surface area (Å²) in [6.45, 7) is 2.85. The van der Waals surface area contributed by atoms with Crippen LogP contribution in [0.4, 0.5) is 0 Å². The van der Waals surface area contributed by atoms with Crippen LogP contribution in [0.3, 0.4) is 0 Å². The molecular weight excluding hydrogens is 279 g/mol. The Balaban J connectivity index is 2.33. The van der Waals surface area contributed by atoms with Gasteiger partial charge >= 0.3 is 0 Å². The van der Waals surface area contributed by atoms with Crippen LogP contribution in [0.25, 0.3) is 0 Å². The highest BCUT2D eigenvalue weighted by Gasteiger charge is 2.04. The van der Waals surface area contributed by atoms with Crippen molar-refractivity contribution in [3.63, 3.8) is 0 Å². The molecule has 84 valence electrons. The van der Waals surface area contributed by atoms with Crippen molar-refractivity contribution in [2.45, 2.75) is 32.6 Å². The van der Waals surface area contributed by atoms with E-state index in [0.29, 0.717) is 12.5 Å².